The molecule has 1 aromatic heterocycles. The maximum Gasteiger partial charge on any atom is 0.374 e. The van der Waals surface area contributed by atoms with Gasteiger partial charge in [-0.2, -0.15) is 0 Å². The summed E-state index contributed by atoms with van der Waals surface area (Å²) in [6.45, 7) is 2.10. The van der Waals surface area contributed by atoms with E-state index in [4.69, 9.17) is 5.11 Å². The highest BCUT2D eigenvalue weighted by Gasteiger charge is 2.28. The van der Waals surface area contributed by atoms with E-state index in [1.807, 2.05) is 18.2 Å². The number of aromatic nitrogens is 2. The van der Waals surface area contributed by atoms with Gasteiger partial charge in [0, 0.05) is 17.9 Å². The Kier molecular flexibility index (Phi) is 2.67. The number of hydrogen-bond acceptors (Lipinski definition) is 4. The van der Waals surface area contributed by atoms with Gasteiger partial charge < -0.3 is 10.0 Å². The first kappa shape index (κ1) is 11.6. The summed E-state index contributed by atoms with van der Waals surface area (Å²) in [6, 6.07) is 10.1. The minimum absolute atomic E-state index is 0.172. The molecule has 96 valence electrons. The number of carbonyl (C=O) groups is 1. The molecule has 0 saturated heterocycles. The Labute approximate surface area is 110 Å². The number of hydrogen-bond donors (Lipinski definition) is 1. The van der Waals surface area contributed by atoms with Gasteiger partial charge in [-0.1, -0.05) is 18.2 Å². The minimum atomic E-state index is -1.11. The van der Waals surface area contributed by atoms with Crippen molar-refractivity contribution in [3.63, 3.8) is 0 Å². The molecule has 5 heteroatoms. The summed E-state index contributed by atoms with van der Waals surface area (Å²) in [5.74, 6) is -0.652. The van der Waals surface area contributed by atoms with E-state index in [-0.39, 0.29) is 11.9 Å². The molecule has 2 aromatic rings. The molecule has 0 aliphatic carbocycles. The van der Waals surface area contributed by atoms with E-state index in [1.54, 1.807) is 6.07 Å². The molecule has 1 atom stereocenters. The molecule has 0 radical (unpaired) electrons. The van der Waals surface area contributed by atoms with Crippen LogP contribution in [0.15, 0.2) is 36.5 Å². The van der Waals surface area contributed by atoms with Crippen LogP contribution < -0.4 is 4.90 Å². The predicted molar refractivity (Wildman–Crippen MR) is 70.7 cm³/mol. The van der Waals surface area contributed by atoms with E-state index >= 15 is 0 Å². The zero-order valence-electron chi connectivity index (χ0n) is 10.4. The first-order valence-corrected chi connectivity index (χ1v) is 6.10. The third-order valence-corrected chi connectivity index (χ3v) is 3.29. The molecule has 2 heterocycles. The molecular weight excluding hydrogens is 242 g/mol. The van der Waals surface area contributed by atoms with Crippen LogP contribution in [0.1, 0.15) is 23.1 Å². The van der Waals surface area contributed by atoms with Crippen molar-refractivity contribution < 1.29 is 9.90 Å². The van der Waals surface area contributed by atoms with Crippen molar-refractivity contribution in [1.82, 2.24) is 9.97 Å². The zero-order chi connectivity index (χ0) is 13.4. The van der Waals surface area contributed by atoms with Crippen LogP contribution in [-0.4, -0.2) is 27.1 Å². The van der Waals surface area contributed by atoms with Gasteiger partial charge in [-0.05, 0) is 31.0 Å². The number of fused-ring (bicyclic) bond motifs is 1. The number of nitrogens with zero attached hydrogens (tertiary/aromatic N) is 3. The first-order valence-electron chi connectivity index (χ1n) is 6.10. The summed E-state index contributed by atoms with van der Waals surface area (Å²) in [5, 5.41) is 8.97. The third kappa shape index (κ3) is 1.93. The van der Waals surface area contributed by atoms with Crippen LogP contribution in [0, 0.1) is 0 Å². The van der Waals surface area contributed by atoms with Crippen LogP contribution in [0.2, 0.25) is 0 Å². The van der Waals surface area contributed by atoms with Gasteiger partial charge in [-0.15, -0.1) is 0 Å². The summed E-state index contributed by atoms with van der Waals surface area (Å²) in [4.78, 5) is 20.9. The number of benzene rings is 1. The molecule has 0 spiro atoms. The van der Waals surface area contributed by atoms with Gasteiger partial charge in [0.25, 0.3) is 0 Å². The van der Waals surface area contributed by atoms with Crippen molar-refractivity contribution in [3.05, 3.63) is 47.9 Å². The average Bonchev–Trinajstić information content (AvgIpc) is 2.74. The molecular formula is C14H13N3O2. The Morgan fingerprint density at radius 3 is 2.95 bits per heavy atom. The second kappa shape index (κ2) is 4.35. The van der Waals surface area contributed by atoms with Gasteiger partial charge in [0.15, 0.2) is 0 Å². The lowest BCUT2D eigenvalue weighted by Gasteiger charge is -2.23. The van der Waals surface area contributed by atoms with Crippen molar-refractivity contribution in [3.8, 4) is 0 Å². The zero-order valence-corrected chi connectivity index (χ0v) is 10.4. The lowest BCUT2D eigenvalue weighted by molar-refractivity contribution is 0.0683. The number of aromatic carboxylic acids is 1. The molecule has 0 amide bonds. The molecule has 0 bridgehead atoms. The van der Waals surface area contributed by atoms with Crippen molar-refractivity contribution in [2.75, 3.05) is 4.90 Å². The predicted octanol–water partition coefficient (Wildman–Crippen LogP) is 2.26. The molecule has 1 N–H and O–H groups in total. The molecule has 1 unspecified atom stereocenters. The largest absolute Gasteiger partial charge is 0.475 e. The second-order valence-corrected chi connectivity index (χ2v) is 4.60. The summed E-state index contributed by atoms with van der Waals surface area (Å²) in [6.07, 6.45) is 2.42. The fourth-order valence-corrected chi connectivity index (χ4v) is 2.50. The first-order chi connectivity index (χ1) is 9.16. The summed E-state index contributed by atoms with van der Waals surface area (Å²) in [7, 11) is 0. The highest BCUT2D eigenvalue weighted by atomic mass is 16.4. The Morgan fingerprint density at radius 2 is 2.16 bits per heavy atom. The van der Waals surface area contributed by atoms with Gasteiger partial charge in [-0.25, -0.2) is 14.8 Å². The molecule has 0 fully saturated rings. The maximum absolute atomic E-state index is 11.0. The molecule has 1 aliphatic rings. The van der Waals surface area contributed by atoms with E-state index in [1.165, 1.54) is 11.8 Å². The van der Waals surface area contributed by atoms with E-state index in [0.717, 1.165) is 12.1 Å². The van der Waals surface area contributed by atoms with Crippen molar-refractivity contribution in [2.24, 2.45) is 0 Å². The lowest BCUT2D eigenvalue weighted by Crippen LogP contribution is -2.25. The number of anilines is 2. The fourth-order valence-electron chi connectivity index (χ4n) is 2.50. The highest BCUT2D eigenvalue weighted by molar-refractivity contribution is 5.83. The lowest BCUT2D eigenvalue weighted by atomic mass is 10.1. The molecule has 1 aliphatic heterocycles. The van der Waals surface area contributed by atoms with Gasteiger partial charge in [0.2, 0.25) is 5.82 Å². The summed E-state index contributed by atoms with van der Waals surface area (Å²) in [5.41, 5.74) is 2.34. The van der Waals surface area contributed by atoms with E-state index < -0.39 is 5.97 Å². The fraction of sp³-hybridized carbons (Fsp3) is 0.214. The van der Waals surface area contributed by atoms with Crippen LogP contribution in [-0.2, 0) is 6.42 Å². The SMILES string of the molecule is CC1Cc2ccccc2N1c1ccnc(C(=O)O)n1. The molecule has 1 aromatic carbocycles. The van der Waals surface area contributed by atoms with E-state index in [2.05, 4.69) is 27.9 Å². The second-order valence-electron chi connectivity index (χ2n) is 4.60. The summed E-state index contributed by atoms with van der Waals surface area (Å²) < 4.78 is 0. The third-order valence-electron chi connectivity index (χ3n) is 3.29. The minimum Gasteiger partial charge on any atom is -0.475 e. The van der Waals surface area contributed by atoms with Gasteiger partial charge in [0.05, 0.1) is 0 Å². The normalized spacial score (nSPS) is 17.3. The Balaban J connectivity index is 2.07. The van der Waals surface area contributed by atoms with Crippen LogP contribution in [0.25, 0.3) is 0 Å². The van der Waals surface area contributed by atoms with Crippen LogP contribution in [0.5, 0.6) is 0 Å². The molecule has 0 saturated carbocycles. The van der Waals surface area contributed by atoms with E-state index in [9.17, 15) is 4.79 Å². The van der Waals surface area contributed by atoms with Crippen LogP contribution >= 0.6 is 0 Å². The van der Waals surface area contributed by atoms with Crippen LogP contribution in [0.3, 0.4) is 0 Å². The monoisotopic (exact) mass is 255 g/mol. The smallest absolute Gasteiger partial charge is 0.374 e. The quantitative estimate of drug-likeness (QED) is 0.891. The number of carboxylic acid groups (broad SMARTS) is 1. The highest BCUT2D eigenvalue weighted by Crippen LogP contribution is 2.36. The standard InChI is InChI=1S/C14H13N3O2/c1-9-8-10-4-2-3-5-11(10)17(9)12-6-7-15-13(16-12)14(18)19/h2-7,9H,8H2,1H3,(H,18,19). The van der Waals surface area contributed by atoms with Crippen LogP contribution in [0.4, 0.5) is 11.5 Å². The van der Waals surface area contributed by atoms with Gasteiger partial charge in [-0.3, -0.25) is 0 Å². The molecule has 19 heavy (non-hydrogen) atoms. The van der Waals surface area contributed by atoms with Crippen molar-refractivity contribution in [1.29, 1.82) is 0 Å². The summed E-state index contributed by atoms with van der Waals surface area (Å²) >= 11 is 0. The van der Waals surface area contributed by atoms with Crippen molar-refractivity contribution in [2.45, 2.75) is 19.4 Å². The Bertz CT molecular complexity index is 642. The topological polar surface area (TPSA) is 66.3 Å². The molecule has 5 nitrogen and oxygen atoms in total. The van der Waals surface area contributed by atoms with Gasteiger partial charge in [0.1, 0.15) is 5.82 Å². The average molecular weight is 255 g/mol. The van der Waals surface area contributed by atoms with Gasteiger partial charge >= 0.3 is 5.97 Å². The Hall–Kier alpha value is -2.43. The number of para-hydroxylation sites is 1. The number of rotatable bonds is 2. The Morgan fingerprint density at radius 1 is 1.37 bits per heavy atom. The maximum atomic E-state index is 11.0. The number of carboxylic acids is 1. The molecule has 3 rings (SSSR count). The van der Waals surface area contributed by atoms with Crippen molar-refractivity contribution >= 4 is 17.5 Å². The van der Waals surface area contributed by atoms with E-state index in [0.29, 0.717) is 5.82 Å².